The molecule has 1 unspecified atom stereocenters. The van der Waals surface area contributed by atoms with Gasteiger partial charge in [-0.25, -0.2) is 9.97 Å². The Morgan fingerprint density at radius 3 is 2.57 bits per heavy atom. The molecule has 0 aliphatic carbocycles. The van der Waals surface area contributed by atoms with Crippen LogP contribution < -0.4 is 10.6 Å². The second kappa shape index (κ2) is 9.17. The van der Waals surface area contributed by atoms with Gasteiger partial charge in [-0.05, 0) is 25.0 Å². The van der Waals surface area contributed by atoms with E-state index in [0.717, 1.165) is 22.1 Å². The molecule has 0 saturated heterocycles. The minimum Gasteiger partial charge on any atom is -0.368 e. The summed E-state index contributed by atoms with van der Waals surface area (Å²) in [5.74, 6) is 0.870. The fourth-order valence-corrected chi connectivity index (χ4v) is 3.71. The molecule has 146 valence electrons. The van der Waals surface area contributed by atoms with Crippen LogP contribution in [0.3, 0.4) is 0 Å². The summed E-state index contributed by atoms with van der Waals surface area (Å²) >= 11 is 7.29. The van der Waals surface area contributed by atoms with Crippen molar-refractivity contribution in [3.63, 3.8) is 0 Å². The van der Waals surface area contributed by atoms with Crippen molar-refractivity contribution in [2.24, 2.45) is 5.92 Å². The predicted octanol–water partition coefficient (Wildman–Crippen LogP) is 5.03. The van der Waals surface area contributed by atoms with Crippen LogP contribution in [0.25, 0.3) is 11.3 Å². The number of pyridine rings is 1. The van der Waals surface area contributed by atoms with Crippen LogP contribution in [0.1, 0.15) is 28.5 Å². The molecule has 0 saturated carbocycles. The van der Waals surface area contributed by atoms with Crippen molar-refractivity contribution >= 4 is 34.7 Å². The number of halogens is 1. The largest absolute Gasteiger partial charge is 0.368 e. The molecule has 0 aliphatic rings. The molecule has 1 aromatic carbocycles. The fourth-order valence-electron chi connectivity index (χ4n) is 2.75. The lowest BCUT2D eigenvalue weighted by atomic mass is 10.0. The molecule has 7 heteroatoms. The van der Waals surface area contributed by atoms with Crippen molar-refractivity contribution in [2.45, 2.75) is 26.8 Å². The van der Waals surface area contributed by atoms with Gasteiger partial charge >= 0.3 is 0 Å². The lowest BCUT2D eigenvalue weighted by molar-refractivity contribution is 0.0933. The second-order valence-electron chi connectivity index (χ2n) is 6.84. The van der Waals surface area contributed by atoms with Crippen LogP contribution in [0.5, 0.6) is 0 Å². The third-order valence-corrected chi connectivity index (χ3v) is 5.53. The number of hydrogen-bond donors (Lipinski definition) is 2. The van der Waals surface area contributed by atoms with Crippen LogP contribution in [0.4, 0.5) is 5.82 Å². The van der Waals surface area contributed by atoms with Crippen molar-refractivity contribution in [1.29, 1.82) is 0 Å². The Morgan fingerprint density at radius 2 is 1.93 bits per heavy atom. The van der Waals surface area contributed by atoms with Gasteiger partial charge in [-0.2, -0.15) is 0 Å². The lowest BCUT2D eigenvalue weighted by Crippen LogP contribution is -2.43. The molecule has 0 fully saturated rings. The highest BCUT2D eigenvalue weighted by atomic mass is 35.5. The summed E-state index contributed by atoms with van der Waals surface area (Å²) < 4.78 is 0. The highest BCUT2D eigenvalue weighted by Gasteiger charge is 2.22. The number of benzene rings is 1. The molecule has 2 aromatic heterocycles. The molecule has 0 radical (unpaired) electrons. The molecular formula is C21H23ClN4OS. The first-order valence-corrected chi connectivity index (χ1v) is 10.3. The number of carbonyl (C=O) groups is 1. The third kappa shape index (κ3) is 5.09. The number of rotatable bonds is 7. The van der Waals surface area contributed by atoms with E-state index >= 15 is 0 Å². The Morgan fingerprint density at radius 1 is 1.18 bits per heavy atom. The van der Waals surface area contributed by atoms with Gasteiger partial charge in [0.1, 0.15) is 10.7 Å². The maximum atomic E-state index is 13.0. The Bertz CT molecular complexity index is 925. The molecule has 0 bridgehead atoms. The van der Waals surface area contributed by atoms with E-state index < -0.39 is 0 Å². The molecule has 3 aromatic rings. The first kappa shape index (κ1) is 20.3. The molecule has 2 heterocycles. The van der Waals surface area contributed by atoms with E-state index in [0.29, 0.717) is 16.4 Å². The van der Waals surface area contributed by atoms with Gasteiger partial charge in [-0.15, -0.1) is 11.3 Å². The van der Waals surface area contributed by atoms with E-state index in [1.54, 1.807) is 12.3 Å². The Hall–Kier alpha value is -2.44. The zero-order chi connectivity index (χ0) is 20.1. The summed E-state index contributed by atoms with van der Waals surface area (Å²) in [5, 5.41) is 7.88. The normalized spacial score (nSPS) is 12.0. The van der Waals surface area contributed by atoms with Crippen molar-refractivity contribution in [2.75, 3.05) is 11.9 Å². The van der Waals surface area contributed by atoms with Gasteiger partial charge in [0.2, 0.25) is 0 Å². The summed E-state index contributed by atoms with van der Waals surface area (Å²) in [4.78, 5) is 22.5. The molecule has 3 rings (SSSR count). The Kier molecular flexibility index (Phi) is 6.65. The monoisotopic (exact) mass is 414 g/mol. The summed E-state index contributed by atoms with van der Waals surface area (Å²) in [6, 6.07) is 13.3. The van der Waals surface area contributed by atoms with Crippen molar-refractivity contribution in [3.8, 4) is 11.3 Å². The van der Waals surface area contributed by atoms with Gasteiger partial charge in [-0.1, -0.05) is 55.8 Å². The molecular weight excluding hydrogens is 392 g/mol. The summed E-state index contributed by atoms with van der Waals surface area (Å²) in [6.07, 6.45) is 1.60. The first-order valence-electron chi connectivity index (χ1n) is 9.13. The average molecular weight is 415 g/mol. The standard InChI is InChI=1S/C21H23ClN4OS/c1-13(2)17(12-24-18-10-9-16(22)11-23-18)26-21(27)20-19(25-14(3)28-20)15-7-5-4-6-8-15/h4-11,13,17H,12H2,1-3H3,(H,23,24)(H,26,27). The molecule has 1 amide bonds. The van der Waals surface area contributed by atoms with Crippen LogP contribution in [-0.2, 0) is 0 Å². The minimum absolute atomic E-state index is 0.0593. The topological polar surface area (TPSA) is 66.9 Å². The molecule has 1 atom stereocenters. The van der Waals surface area contributed by atoms with E-state index in [1.807, 2.05) is 43.3 Å². The summed E-state index contributed by atoms with van der Waals surface area (Å²) in [6.45, 7) is 6.65. The molecule has 28 heavy (non-hydrogen) atoms. The number of aromatic nitrogens is 2. The van der Waals surface area contributed by atoms with Crippen molar-refractivity contribution in [1.82, 2.24) is 15.3 Å². The number of nitrogens with zero attached hydrogens (tertiary/aromatic N) is 2. The predicted molar refractivity (Wildman–Crippen MR) is 116 cm³/mol. The molecule has 0 aliphatic heterocycles. The van der Waals surface area contributed by atoms with Gasteiger partial charge < -0.3 is 10.6 Å². The Balaban J connectivity index is 1.73. The summed E-state index contributed by atoms with van der Waals surface area (Å²) in [7, 11) is 0. The van der Waals surface area contributed by atoms with Gasteiger partial charge in [0.05, 0.1) is 15.7 Å². The van der Waals surface area contributed by atoms with Crippen molar-refractivity contribution < 1.29 is 4.79 Å². The van der Waals surface area contributed by atoms with E-state index in [1.165, 1.54) is 11.3 Å². The maximum Gasteiger partial charge on any atom is 0.263 e. The number of nitrogens with one attached hydrogen (secondary N) is 2. The quantitative estimate of drug-likeness (QED) is 0.568. The van der Waals surface area contributed by atoms with Gasteiger partial charge in [0.15, 0.2) is 0 Å². The average Bonchev–Trinajstić information content (AvgIpc) is 3.08. The first-order chi connectivity index (χ1) is 13.4. The zero-order valence-corrected chi connectivity index (χ0v) is 17.6. The molecule has 0 spiro atoms. The highest BCUT2D eigenvalue weighted by Crippen LogP contribution is 2.28. The van der Waals surface area contributed by atoms with Crippen LogP contribution in [0, 0.1) is 12.8 Å². The summed E-state index contributed by atoms with van der Waals surface area (Å²) in [5.41, 5.74) is 1.68. The number of hydrogen-bond acceptors (Lipinski definition) is 5. The lowest BCUT2D eigenvalue weighted by Gasteiger charge is -2.23. The number of aryl methyl sites for hydroxylation is 1. The zero-order valence-electron chi connectivity index (χ0n) is 16.1. The Labute approximate surface area is 174 Å². The maximum absolute atomic E-state index is 13.0. The van der Waals surface area contributed by atoms with E-state index in [-0.39, 0.29) is 17.9 Å². The van der Waals surface area contributed by atoms with Crippen LogP contribution in [0.15, 0.2) is 48.7 Å². The molecule has 5 nitrogen and oxygen atoms in total. The van der Waals surface area contributed by atoms with Gasteiger partial charge in [0.25, 0.3) is 5.91 Å². The number of amides is 1. The smallest absolute Gasteiger partial charge is 0.263 e. The van der Waals surface area contributed by atoms with Crippen molar-refractivity contribution in [3.05, 3.63) is 63.6 Å². The second-order valence-corrected chi connectivity index (χ2v) is 8.48. The third-order valence-electron chi connectivity index (χ3n) is 4.34. The highest BCUT2D eigenvalue weighted by molar-refractivity contribution is 7.14. The van der Waals surface area contributed by atoms with E-state index in [9.17, 15) is 4.79 Å². The number of anilines is 1. The van der Waals surface area contributed by atoms with Crippen LogP contribution >= 0.6 is 22.9 Å². The van der Waals surface area contributed by atoms with Gasteiger partial charge in [-0.3, -0.25) is 4.79 Å². The number of carbonyl (C=O) groups excluding carboxylic acids is 1. The SMILES string of the molecule is Cc1nc(-c2ccccc2)c(C(=O)NC(CNc2ccc(Cl)cn2)C(C)C)s1. The van der Waals surface area contributed by atoms with E-state index in [4.69, 9.17) is 11.6 Å². The van der Waals surface area contributed by atoms with Crippen LogP contribution in [0.2, 0.25) is 5.02 Å². The van der Waals surface area contributed by atoms with Gasteiger partial charge in [0, 0.05) is 24.3 Å². The molecule has 2 N–H and O–H groups in total. The minimum atomic E-state index is -0.103. The van der Waals surface area contributed by atoms with E-state index in [2.05, 4.69) is 34.4 Å². The van der Waals surface area contributed by atoms with Crippen LogP contribution in [-0.4, -0.2) is 28.5 Å². The number of thiazole rings is 1. The fraction of sp³-hybridized carbons (Fsp3) is 0.286.